The smallest absolute Gasteiger partial charge is 0.191 e. The number of rotatable bonds is 7. The Morgan fingerprint density at radius 3 is 2.32 bits per heavy atom. The predicted molar refractivity (Wildman–Crippen MR) is 128 cm³/mol. The van der Waals surface area contributed by atoms with Crippen LogP contribution in [-0.4, -0.2) is 77.4 Å². The van der Waals surface area contributed by atoms with Gasteiger partial charge in [-0.1, -0.05) is 0 Å². The van der Waals surface area contributed by atoms with E-state index in [0.717, 1.165) is 49.2 Å². The highest BCUT2D eigenvalue weighted by Gasteiger charge is 2.25. The van der Waals surface area contributed by atoms with Crippen LogP contribution < -0.4 is 25.0 Å². The van der Waals surface area contributed by atoms with E-state index in [-0.39, 0.29) is 29.5 Å². The fourth-order valence-corrected chi connectivity index (χ4v) is 2.93. The summed E-state index contributed by atoms with van der Waals surface area (Å²) in [5.74, 6) is 2.47. The zero-order valence-corrected chi connectivity index (χ0v) is 20.5. The third-order valence-corrected chi connectivity index (χ3v) is 5.35. The predicted octanol–water partition coefficient (Wildman–Crippen LogP) is 2.41. The second-order valence-electron chi connectivity index (χ2n) is 7.78. The number of benzene rings is 1. The van der Waals surface area contributed by atoms with E-state index in [1.165, 1.54) is 0 Å². The van der Waals surface area contributed by atoms with E-state index in [4.69, 9.17) is 9.47 Å². The first-order valence-corrected chi connectivity index (χ1v) is 9.41. The van der Waals surface area contributed by atoms with E-state index in [9.17, 15) is 0 Å². The third-order valence-electron chi connectivity index (χ3n) is 5.35. The lowest BCUT2D eigenvalue weighted by Crippen LogP contribution is -2.52. The van der Waals surface area contributed by atoms with Crippen LogP contribution >= 0.6 is 24.0 Å². The van der Waals surface area contributed by atoms with E-state index >= 15 is 0 Å². The molecule has 1 aliphatic heterocycles. The van der Waals surface area contributed by atoms with Gasteiger partial charge in [0.2, 0.25) is 0 Å². The van der Waals surface area contributed by atoms with E-state index in [1.54, 1.807) is 14.2 Å². The third kappa shape index (κ3) is 6.58. The topological polar surface area (TPSA) is 61.4 Å². The zero-order valence-electron chi connectivity index (χ0n) is 18.2. The van der Waals surface area contributed by atoms with E-state index in [2.05, 4.69) is 65.5 Å². The Bertz CT molecular complexity index is 629. The molecule has 160 valence electrons. The zero-order chi connectivity index (χ0) is 20.0. The van der Waals surface area contributed by atoms with Crippen molar-refractivity contribution in [3.8, 4) is 11.5 Å². The Labute approximate surface area is 186 Å². The van der Waals surface area contributed by atoms with Gasteiger partial charge >= 0.3 is 0 Å². The SMILES string of the molecule is CN=C(NCC(C)(C)N(C)C)NC1CCN(c2cc(OC)cc(OC)c2)C1.I. The summed E-state index contributed by atoms with van der Waals surface area (Å²) >= 11 is 0. The standard InChI is InChI=1S/C20H35N5O2.HI/c1-20(2,24(4)5)14-22-19(21-3)23-15-8-9-25(13-15)16-10-17(26-6)12-18(11-16)27-7;/h10-12,15H,8-9,13-14H2,1-7H3,(H2,21,22,23);1H. The molecule has 0 bridgehead atoms. The second kappa shape index (κ2) is 10.9. The summed E-state index contributed by atoms with van der Waals surface area (Å²) in [5, 5.41) is 7.00. The molecule has 1 fully saturated rings. The van der Waals surface area contributed by atoms with Crippen LogP contribution in [-0.2, 0) is 0 Å². The Morgan fingerprint density at radius 2 is 1.82 bits per heavy atom. The number of likely N-dealkylation sites (N-methyl/N-ethyl adjacent to an activating group) is 1. The summed E-state index contributed by atoms with van der Waals surface area (Å²) in [7, 11) is 9.36. The average molecular weight is 505 g/mol. The lowest BCUT2D eigenvalue weighted by Gasteiger charge is -2.33. The minimum Gasteiger partial charge on any atom is -0.497 e. The molecule has 1 atom stereocenters. The van der Waals surface area contributed by atoms with Crippen molar-refractivity contribution in [3.63, 3.8) is 0 Å². The fourth-order valence-electron chi connectivity index (χ4n) is 2.93. The van der Waals surface area contributed by atoms with Crippen LogP contribution in [0.1, 0.15) is 20.3 Å². The van der Waals surface area contributed by atoms with Crippen LogP contribution in [0.2, 0.25) is 0 Å². The molecule has 1 aromatic rings. The summed E-state index contributed by atoms with van der Waals surface area (Å²) in [4.78, 5) is 8.94. The van der Waals surface area contributed by atoms with Gasteiger partial charge in [0.05, 0.1) is 14.2 Å². The van der Waals surface area contributed by atoms with Gasteiger partial charge in [-0.3, -0.25) is 4.99 Å². The van der Waals surface area contributed by atoms with Gasteiger partial charge in [0, 0.05) is 62.1 Å². The summed E-state index contributed by atoms with van der Waals surface area (Å²) in [5.41, 5.74) is 1.17. The first kappa shape index (κ1) is 24.6. The van der Waals surface area contributed by atoms with Gasteiger partial charge < -0.3 is 29.9 Å². The molecule has 1 heterocycles. The number of aliphatic imine (C=N–C) groups is 1. The second-order valence-corrected chi connectivity index (χ2v) is 7.78. The normalized spacial score (nSPS) is 17.4. The molecule has 0 radical (unpaired) electrons. The lowest BCUT2D eigenvalue weighted by molar-refractivity contribution is 0.197. The highest BCUT2D eigenvalue weighted by Crippen LogP contribution is 2.30. The first-order valence-electron chi connectivity index (χ1n) is 9.41. The quantitative estimate of drug-likeness (QED) is 0.337. The Hall–Kier alpha value is -1.42. The van der Waals surface area contributed by atoms with E-state index in [0.29, 0.717) is 6.04 Å². The monoisotopic (exact) mass is 505 g/mol. The molecule has 7 nitrogen and oxygen atoms in total. The van der Waals surface area contributed by atoms with Gasteiger partial charge in [-0.05, 0) is 34.4 Å². The average Bonchev–Trinajstić information content (AvgIpc) is 3.13. The van der Waals surface area contributed by atoms with Crippen molar-refractivity contribution in [1.29, 1.82) is 0 Å². The summed E-state index contributed by atoms with van der Waals surface area (Å²) in [6.45, 7) is 7.13. The summed E-state index contributed by atoms with van der Waals surface area (Å²) in [6.07, 6.45) is 1.05. The minimum atomic E-state index is 0. The minimum absolute atomic E-state index is 0. The molecule has 0 amide bonds. The maximum Gasteiger partial charge on any atom is 0.191 e. The molecular weight excluding hydrogens is 469 g/mol. The van der Waals surface area contributed by atoms with Crippen molar-refractivity contribution in [3.05, 3.63) is 18.2 Å². The summed E-state index contributed by atoms with van der Waals surface area (Å²) in [6, 6.07) is 6.35. The van der Waals surface area contributed by atoms with Crippen molar-refractivity contribution in [2.45, 2.75) is 31.8 Å². The van der Waals surface area contributed by atoms with Crippen LogP contribution in [0.4, 0.5) is 5.69 Å². The Morgan fingerprint density at radius 1 is 1.21 bits per heavy atom. The number of anilines is 1. The van der Waals surface area contributed by atoms with Crippen molar-refractivity contribution in [2.24, 2.45) is 4.99 Å². The molecule has 1 aliphatic rings. The summed E-state index contributed by atoms with van der Waals surface area (Å²) < 4.78 is 10.8. The van der Waals surface area contributed by atoms with Crippen LogP contribution in [0.5, 0.6) is 11.5 Å². The lowest BCUT2D eigenvalue weighted by atomic mass is 10.0. The molecule has 1 saturated heterocycles. The number of hydrogen-bond donors (Lipinski definition) is 2. The number of methoxy groups -OCH3 is 2. The van der Waals surface area contributed by atoms with E-state index < -0.39 is 0 Å². The van der Waals surface area contributed by atoms with Gasteiger partial charge in [0.1, 0.15) is 11.5 Å². The van der Waals surface area contributed by atoms with Gasteiger partial charge in [-0.2, -0.15) is 0 Å². The Kier molecular flexibility index (Phi) is 9.62. The number of hydrogen-bond acceptors (Lipinski definition) is 5. The molecule has 1 unspecified atom stereocenters. The van der Waals surface area contributed by atoms with Gasteiger partial charge in [-0.15, -0.1) is 24.0 Å². The van der Waals surface area contributed by atoms with Gasteiger partial charge in [0.25, 0.3) is 0 Å². The molecular formula is C20H36IN5O2. The molecule has 0 aliphatic carbocycles. The number of nitrogens with one attached hydrogen (secondary N) is 2. The highest BCUT2D eigenvalue weighted by atomic mass is 127. The number of ether oxygens (including phenoxy) is 2. The molecule has 0 spiro atoms. The largest absolute Gasteiger partial charge is 0.497 e. The maximum atomic E-state index is 5.39. The fraction of sp³-hybridized carbons (Fsp3) is 0.650. The van der Waals surface area contributed by atoms with Crippen molar-refractivity contribution in [2.75, 3.05) is 59.9 Å². The van der Waals surface area contributed by atoms with Crippen LogP contribution in [0, 0.1) is 0 Å². The molecule has 28 heavy (non-hydrogen) atoms. The van der Waals surface area contributed by atoms with Crippen LogP contribution in [0.25, 0.3) is 0 Å². The molecule has 0 saturated carbocycles. The molecule has 0 aromatic heterocycles. The van der Waals surface area contributed by atoms with Crippen molar-refractivity contribution in [1.82, 2.24) is 15.5 Å². The Balaban J connectivity index is 0.00000392. The van der Waals surface area contributed by atoms with Crippen molar-refractivity contribution >= 4 is 35.6 Å². The van der Waals surface area contributed by atoms with Crippen molar-refractivity contribution < 1.29 is 9.47 Å². The number of halogens is 1. The molecule has 2 rings (SSSR count). The molecule has 1 aromatic carbocycles. The van der Waals surface area contributed by atoms with Gasteiger partial charge in [0.15, 0.2) is 5.96 Å². The first-order chi connectivity index (χ1) is 12.8. The number of guanidine groups is 1. The molecule has 8 heteroatoms. The highest BCUT2D eigenvalue weighted by molar-refractivity contribution is 14.0. The van der Waals surface area contributed by atoms with Gasteiger partial charge in [-0.25, -0.2) is 0 Å². The van der Waals surface area contributed by atoms with Crippen LogP contribution in [0.15, 0.2) is 23.2 Å². The maximum absolute atomic E-state index is 5.39. The molecule has 2 N–H and O–H groups in total. The van der Waals surface area contributed by atoms with Crippen LogP contribution in [0.3, 0.4) is 0 Å². The number of nitrogens with zero attached hydrogens (tertiary/aromatic N) is 3. The van der Waals surface area contributed by atoms with E-state index in [1.807, 2.05) is 13.1 Å².